The number of piperidine rings is 2. The van der Waals surface area contributed by atoms with Crippen LogP contribution in [0.2, 0.25) is 0 Å². The van der Waals surface area contributed by atoms with Gasteiger partial charge >= 0.3 is 6.36 Å². The van der Waals surface area contributed by atoms with E-state index in [1.54, 1.807) is 12.1 Å². The standard InChI is InChI=1S/C27H30F3N3O4/c28-27(29,30)37-23-8-1-18(2-9-23)3-10-25(35)33-15-12-20(13-16-33)19-4-6-22(7-5-19)32-26(36)21-11-14-31-24(34)17-21/h1-2,4-9,20-21H,3,10-17H2,(H,31,34)(H,32,36). The van der Waals surface area contributed by atoms with Gasteiger partial charge in [-0.15, -0.1) is 13.2 Å². The highest BCUT2D eigenvalue weighted by atomic mass is 19.4. The summed E-state index contributed by atoms with van der Waals surface area (Å²) in [6.07, 6.45) is -1.47. The largest absolute Gasteiger partial charge is 0.573 e. The van der Waals surface area contributed by atoms with Crippen LogP contribution >= 0.6 is 0 Å². The molecule has 0 aliphatic carbocycles. The molecule has 1 unspecified atom stereocenters. The summed E-state index contributed by atoms with van der Waals surface area (Å²) < 4.78 is 40.7. The predicted molar refractivity (Wildman–Crippen MR) is 131 cm³/mol. The number of alkyl halides is 3. The van der Waals surface area contributed by atoms with Crippen LogP contribution in [0.25, 0.3) is 0 Å². The van der Waals surface area contributed by atoms with E-state index in [0.29, 0.717) is 50.5 Å². The first-order valence-electron chi connectivity index (χ1n) is 12.5. The van der Waals surface area contributed by atoms with E-state index in [1.165, 1.54) is 12.1 Å². The maximum absolute atomic E-state index is 12.7. The summed E-state index contributed by atoms with van der Waals surface area (Å²) in [5.41, 5.74) is 2.63. The molecule has 2 aromatic carbocycles. The summed E-state index contributed by atoms with van der Waals surface area (Å²) >= 11 is 0. The van der Waals surface area contributed by atoms with Gasteiger partial charge in [-0.1, -0.05) is 24.3 Å². The zero-order valence-corrected chi connectivity index (χ0v) is 20.4. The molecule has 37 heavy (non-hydrogen) atoms. The van der Waals surface area contributed by atoms with E-state index < -0.39 is 6.36 Å². The third-order valence-corrected chi connectivity index (χ3v) is 6.90. The molecule has 2 aliphatic rings. The van der Waals surface area contributed by atoms with Crippen molar-refractivity contribution in [3.63, 3.8) is 0 Å². The summed E-state index contributed by atoms with van der Waals surface area (Å²) in [4.78, 5) is 38.4. The molecule has 4 rings (SSSR count). The van der Waals surface area contributed by atoms with Crippen LogP contribution in [0, 0.1) is 5.92 Å². The molecule has 0 bridgehead atoms. The van der Waals surface area contributed by atoms with E-state index in [2.05, 4.69) is 15.4 Å². The van der Waals surface area contributed by atoms with Crippen LogP contribution in [-0.2, 0) is 20.8 Å². The fraction of sp³-hybridized carbons (Fsp3) is 0.444. The number of nitrogens with zero attached hydrogens (tertiary/aromatic N) is 1. The van der Waals surface area contributed by atoms with Crippen molar-refractivity contribution in [1.29, 1.82) is 0 Å². The van der Waals surface area contributed by atoms with Gasteiger partial charge in [-0.2, -0.15) is 0 Å². The lowest BCUT2D eigenvalue weighted by Gasteiger charge is -2.32. The fourth-order valence-corrected chi connectivity index (χ4v) is 4.82. The van der Waals surface area contributed by atoms with Crippen LogP contribution in [0.5, 0.6) is 5.75 Å². The number of nitrogens with one attached hydrogen (secondary N) is 2. The normalized spacial score (nSPS) is 18.7. The second-order valence-corrected chi connectivity index (χ2v) is 9.50. The molecule has 0 radical (unpaired) electrons. The molecule has 2 N–H and O–H groups in total. The Labute approximate surface area is 213 Å². The lowest BCUT2D eigenvalue weighted by molar-refractivity contribution is -0.274. The average molecular weight is 518 g/mol. The van der Waals surface area contributed by atoms with Crippen LogP contribution in [0.3, 0.4) is 0 Å². The molecule has 2 fully saturated rings. The number of amides is 3. The molecule has 2 aromatic rings. The van der Waals surface area contributed by atoms with Crippen LogP contribution in [0.15, 0.2) is 48.5 Å². The quantitative estimate of drug-likeness (QED) is 0.571. The average Bonchev–Trinajstić information content (AvgIpc) is 2.88. The Hall–Kier alpha value is -3.56. The van der Waals surface area contributed by atoms with E-state index in [1.807, 2.05) is 29.2 Å². The summed E-state index contributed by atoms with van der Waals surface area (Å²) in [7, 11) is 0. The minimum Gasteiger partial charge on any atom is -0.406 e. The highest BCUT2D eigenvalue weighted by Gasteiger charge is 2.31. The third kappa shape index (κ3) is 7.71. The zero-order valence-electron chi connectivity index (χ0n) is 20.4. The van der Waals surface area contributed by atoms with Gasteiger partial charge < -0.3 is 20.3 Å². The number of hydrogen-bond donors (Lipinski definition) is 2. The van der Waals surface area contributed by atoms with Crippen molar-refractivity contribution in [1.82, 2.24) is 10.2 Å². The molecule has 7 nitrogen and oxygen atoms in total. The molecule has 2 saturated heterocycles. The van der Waals surface area contributed by atoms with Gasteiger partial charge in [0.2, 0.25) is 17.7 Å². The molecule has 0 spiro atoms. The Bertz CT molecular complexity index is 1100. The van der Waals surface area contributed by atoms with Gasteiger partial charge in [-0.25, -0.2) is 0 Å². The van der Waals surface area contributed by atoms with Crippen LogP contribution in [0.4, 0.5) is 18.9 Å². The van der Waals surface area contributed by atoms with Crippen LogP contribution in [-0.4, -0.2) is 48.6 Å². The van der Waals surface area contributed by atoms with Gasteiger partial charge in [-0.05, 0) is 67.0 Å². The van der Waals surface area contributed by atoms with Gasteiger partial charge in [0, 0.05) is 44.1 Å². The molecule has 3 amide bonds. The Kier molecular flexibility index (Phi) is 8.35. The second kappa shape index (κ2) is 11.7. The van der Waals surface area contributed by atoms with E-state index in [9.17, 15) is 27.6 Å². The molecule has 10 heteroatoms. The Morgan fingerprint density at radius 3 is 2.30 bits per heavy atom. The second-order valence-electron chi connectivity index (χ2n) is 9.50. The number of carbonyl (C=O) groups is 3. The molecule has 2 heterocycles. The Balaban J connectivity index is 1.20. The number of halogens is 3. The molecule has 0 saturated carbocycles. The fourth-order valence-electron chi connectivity index (χ4n) is 4.82. The van der Waals surface area contributed by atoms with Gasteiger partial charge in [0.15, 0.2) is 0 Å². The predicted octanol–water partition coefficient (Wildman–Crippen LogP) is 4.39. The number of anilines is 1. The first kappa shape index (κ1) is 26.5. The van der Waals surface area contributed by atoms with Gasteiger partial charge in [-0.3, -0.25) is 14.4 Å². The third-order valence-electron chi connectivity index (χ3n) is 6.90. The number of ether oxygens (including phenoxy) is 1. The maximum atomic E-state index is 12.7. The van der Waals surface area contributed by atoms with Crippen molar-refractivity contribution in [2.75, 3.05) is 25.0 Å². The SMILES string of the molecule is O=C1CC(C(=O)Nc2ccc(C3CCN(C(=O)CCc4ccc(OC(F)(F)F)cc4)CC3)cc2)CCN1. The van der Waals surface area contributed by atoms with Crippen molar-refractivity contribution in [3.05, 3.63) is 59.7 Å². The number of benzene rings is 2. The van der Waals surface area contributed by atoms with E-state index >= 15 is 0 Å². The smallest absolute Gasteiger partial charge is 0.406 e. The highest BCUT2D eigenvalue weighted by molar-refractivity contribution is 5.95. The number of rotatable bonds is 7. The summed E-state index contributed by atoms with van der Waals surface area (Å²) in [5, 5.41) is 5.62. The summed E-state index contributed by atoms with van der Waals surface area (Å²) in [6, 6.07) is 13.3. The molecule has 0 aromatic heterocycles. The summed E-state index contributed by atoms with van der Waals surface area (Å²) in [5.74, 6) is -0.475. The van der Waals surface area contributed by atoms with Crippen molar-refractivity contribution in [2.45, 2.75) is 50.8 Å². The van der Waals surface area contributed by atoms with E-state index in [-0.39, 0.29) is 35.8 Å². The lowest BCUT2D eigenvalue weighted by atomic mass is 9.89. The molecule has 2 aliphatic heterocycles. The molecular weight excluding hydrogens is 487 g/mol. The first-order valence-corrected chi connectivity index (χ1v) is 12.5. The number of aryl methyl sites for hydroxylation is 1. The maximum Gasteiger partial charge on any atom is 0.573 e. The highest BCUT2D eigenvalue weighted by Crippen LogP contribution is 2.30. The molecular formula is C27H30F3N3O4. The monoisotopic (exact) mass is 517 g/mol. The van der Waals surface area contributed by atoms with E-state index in [0.717, 1.165) is 24.0 Å². The van der Waals surface area contributed by atoms with Crippen LogP contribution < -0.4 is 15.4 Å². The number of carbonyl (C=O) groups excluding carboxylic acids is 3. The number of hydrogen-bond acceptors (Lipinski definition) is 4. The Morgan fingerprint density at radius 1 is 1.00 bits per heavy atom. The van der Waals surface area contributed by atoms with Gasteiger partial charge in [0.1, 0.15) is 5.75 Å². The van der Waals surface area contributed by atoms with Gasteiger partial charge in [0.25, 0.3) is 0 Å². The topological polar surface area (TPSA) is 87.7 Å². The molecule has 198 valence electrons. The minimum atomic E-state index is -4.73. The zero-order chi connectivity index (χ0) is 26.4. The lowest BCUT2D eigenvalue weighted by Crippen LogP contribution is -2.38. The van der Waals surface area contributed by atoms with Gasteiger partial charge in [0.05, 0.1) is 0 Å². The van der Waals surface area contributed by atoms with E-state index in [4.69, 9.17) is 0 Å². The first-order chi connectivity index (χ1) is 17.7. The van der Waals surface area contributed by atoms with Crippen molar-refractivity contribution in [2.24, 2.45) is 5.92 Å². The Morgan fingerprint density at radius 2 is 1.68 bits per heavy atom. The van der Waals surface area contributed by atoms with Crippen molar-refractivity contribution in [3.8, 4) is 5.75 Å². The van der Waals surface area contributed by atoms with Crippen molar-refractivity contribution < 1.29 is 32.3 Å². The summed E-state index contributed by atoms with van der Waals surface area (Å²) in [6.45, 7) is 1.80. The van der Waals surface area contributed by atoms with Crippen molar-refractivity contribution >= 4 is 23.4 Å². The number of likely N-dealkylation sites (tertiary alicyclic amines) is 1. The minimum absolute atomic E-state index is 0.0310. The van der Waals surface area contributed by atoms with Crippen LogP contribution in [0.1, 0.15) is 49.1 Å². The molecule has 1 atom stereocenters.